The maximum Gasteiger partial charge on any atom is 0.114 e. The average Bonchev–Trinajstić information content (AvgIpc) is 3.07. The SMILES string of the molecule is CCOCCn1c(Cc2ccc(-c3ccccc3)cc2)nc2ccccc21. The lowest BCUT2D eigenvalue weighted by Gasteiger charge is -2.10. The van der Waals surface area contributed by atoms with E-state index in [1.54, 1.807) is 0 Å². The molecule has 1 aromatic heterocycles. The molecule has 3 aromatic carbocycles. The van der Waals surface area contributed by atoms with E-state index in [-0.39, 0.29) is 0 Å². The molecule has 3 heteroatoms. The van der Waals surface area contributed by atoms with E-state index in [0.29, 0.717) is 6.61 Å². The maximum absolute atomic E-state index is 5.58. The summed E-state index contributed by atoms with van der Waals surface area (Å²) < 4.78 is 7.86. The van der Waals surface area contributed by atoms with Gasteiger partial charge < -0.3 is 9.30 Å². The molecular formula is C24H24N2O. The van der Waals surface area contributed by atoms with Crippen LogP contribution in [0.4, 0.5) is 0 Å². The monoisotopic (exact) mass is 356 g/mol. The molecule has 0 unspecified atom stereocenters. The molecule has 4 aromatic rings. The standard InChI is InChI=1S/C24H24N2O/c1-2-27-17-16-26-23-11-7-6-10-22(23)25-24(26)18-19-12-14-21(15-13-19)20-8-4-3-5-9-20/h3-15H,2,16-18H2,1H3. The number of para-hydroxylation sites is 2. The number of benzene rings is 3. The van der Waals surface area contributed by atoms with E-state index in [1.165, 1.54) is 22.2 Å². The topological polar surface area (TPSA) is 27.1 Å². The molecule has 0 radical (unpaired) electrons. The van der Waals surface area contributed by atoms with Gasteiger partial charge in [-0.1, -0.05) is 66.7 Å². The molecule has 0 aliphatic rings. The van der Waals surface area contributed by atoms with Gasteiger partial charge in [-0.3, -0.25) is 0 Å². The van der Waals surface area contributed by atoms with Crippen molar-refractivity contribution in [1.82, 2.24) is 9.55 Å². The Morgan fingerprint density at radius 3 is 2.30 bits per heavy atom. The molecule has 0 amide bonds. The van der Waals surface area contributed by atoms with Gasteiger partial charge in [-0.15, -0.1) is 0 Å². The molecule has 0 aliphatic carbocycles. The molecule has 3 nitrogen and oxygen atoms in total. The summed E-state index contributed by atoms with van der Waals surface area (Å²) in [5.74, 6) is 1.09. The number of nitrogens with zero attached hydrogens (tertiary/aromatic N) is 2. The number of aromatic nitrogens is 2. The highest BCUT2D eigenvalue weighted by molar-refractivity contribution is 5.76. The number of hydrogen-bond donors (Lipinski definition) is 0. The molecule has 0 fully saturated rings. The van der Waals surface area contributed by atoms with E-state index in [9.17, 15) is 0 Å². The zero-order valence-electron chi connectivity index (χ0n) is 15.6. The van der Waals surface area contributed by atoms with Crippen LogP contribution in [-0.2, 0) is 17.7 Å². The second-order valence-corrected chi connectivity index (χ2v) is 6.61. The summed E-state index contributed by atoms with van der Waals surface area (Å²) in [6.45, 7) is 4.30. The van der Waals surface area contributed by atoms with Gasteiger partial charge in [0.2, 0.25) is 0 Å². The van der Waals surface area contributed by atoms with E-state index in [2.05, 4.69) is 71.3 Å². The van der Waals surface area contributed by atoms with Crippen LogP contribution in [0.3, 0.4) is 0 Å². The fraction of sp³-hybridized carbons (Fsp3) is 0.208. The van der Waals surface area contributed by atoms with Crippen molar-refractivity contribution in [1.29, 1.82) is 0 Å². The van der Waals surface area contributed by atoms with Crippen LogP contribution in [0.2, 0.25) is 0 Å². The van der Waals surface area contributed by atoms with Crippen LogP contribution in [-0.4, -0.2) is 22.8 Å². The lowest BCUT2D eigenvalue weighted by molar-refractivity contribution is 0.139. The molecule has 0 saturated heterocycles. The van der Waals surface area contributed by atoms with Crippen molar-refractivity contribution in [3.05, 3.63) is 90.3 Å². The van der Waals surface area contributed by atoms with E-state index in [0.717, 1.165) is 30.9 Å². The number of rotatable bonds is 7. The van der Waals surface area contributed by atoms with Gasteiger partial charge in [0.15, 0.2) is 0 Å². The molecule has 1 heterocycles. The van der Waals surface area contributed by atoms with Gasteiger partial charge in [-0.05, 0) is 35.7 Å². The molecule has 27 heavy (non-hydrogen) atoms. The Kier molecular flexibility index (Phi) is 5.31. The minimum atomic E-state index is 0.705. The van der Waals surface area contributed by atoms with Gasteiger partial charge in [-0.2, -0.15) is 0 Å². The molecule has 0 atom stereocenters. The normalized spacial score (nSPS) is 11.1. The summed E-state index contributed by atoms with van der Waals surface area (Å²) in [6, 6.07) is 27.6. The van der Waals surface area contributed by atoms with Crippen LogP contribution in [0.1, 0.15) is 18.3 Å². The minimum absolute atomic E-state index is 0.705. The summed E-state index contributed by atoms with van der Waals surface area (Å²) in [6.07, 6.45) is 0.815. The lowest BCUT2D eigenvalue weighted by Crippen LogP contribution is -2.10. The smallest absolute Gasteiger partial charge is 0.114 e. The van der Waals surface area contributed by atoms with Crippen molar-refractivity contribution < 1.29 is 4.74 Å². The van der Waals surface area contributed by atoms with E-state index >= 15 is 0 Å². The molecule has 0 spiro atoms. The van der Waals surface area contributed by atoms with Crippen molar-refractivity contribution in [2.24, 2.45) is 0 Å². The van der Waals surface area contributed by atoms with E-state index < -0.39 is 0 Å². The Bertz CT molecular complexity index is 1000. The average molecular weight is 356 g/mol. The first-order valence-corrected chi connectivity index (χ1v) is 9.51. The van der Waals surface area contributed by atoms with Crippen LogP contribution in [0.25, 0.3) is 22.2 Å². The molecular weight excluding hydrogens is 332 g/mol. The zero-order valence-corrected chi connectivity index (χ0v) is 15.6. The predicted octanol–water partition coefficient (Wildman–Crippen LogP) is 5.33. The second-order valence-electron chi connectivity index (χ2n) is 6.61. The minimum Gasteiger partial charge on any atom is -0.380 e. The van der Waals surface area contributed by atoms with Crippen molar-refractivity contribution in [3.8, 4) is 11.1 Å². The lowest BCUT2D eigenvalue weighted by atomic mass is 10.0. The predicted molar refractivity (Wildman–Crippen MR) is 111 cm³/mol. The van der Waals surface area contributed by atoms with Gasteiger partial charge >= 0.3 is 0 Å². The fourth-order valence-corrected chi connectivity index (χ4v) is 3.44. The van der Waals surface area contributed by atoms with E-state index in [4.69, 9.17) is 9.72 Å². The second kappa shape index (κ2) is 8.19. The molecule has 0 bridgehead atoms. The number of hydrogen-bond acceptors (Lipinski definition) is 2. The number of ether oxygens (including phenoxy) is 1. The van der Waals surface area contributed by atoms with Gasteiger partial charge in [0, 0.05) is 19.6 Å². The first-order chi connectivity index (χ1) is 13.3. The summed E-state index contributed by atoms with van der Waals surface area (Å²) in [4.78, 5) is 4.87. The van der Waals surface area contributed by atoms with Crippen molar-refractivity contribution in [2.75, 3.05) is 13.2 Å². The zero-order chi connectivity index (χ0) is 18.5. The summed E-state index contributed by atoms with van der Waals surface area (Å²) in [7, 11) is 0. The van der Waals surface area contributed by atoms with Gasteiger partial charge in [0.25, 0.3) is 0 Å². The molecule has 0 N–H and O–H groups in total. The van der Waals surface area contributed by atoms with Gasteiger partial charge in [0.05, 0.1) is 17.6 Å². The Balaban J connectivity index is 1.60. The quantitative estimate of drug-likeness (QED) is 0.418. The number of imidazole rings is 1. The Morgan fingerprint density at radius 1 is 0.815 bits per heavy atom. The van der Waals surface area contributed by atoms with Crippen LogP contribution in [0, 0.1) is 0 Å². The highest BCUT2D eigenvalue weighted by Gasteiger charge is 2.11. The van der Waals surface area contributed by atoms with Crippen LogP contribution in [0.5, 0.6) is 0 Å². The van der Waals surface area contributed by atoms with Crippen LogP contribution >= 0.6 is 0 Å². The number of fused-ring (bicyclic) bond motifs is 1. The fourth-order valence-electron chi connectivity index (χ4n) is 3.44. The summed E-state index contributed by atoms with van der Waals surface area (Å²) in [5.41, 5.74) is 5.97. The first kappa shape index (κ1) is 17.5. The van der Waals surface area contributed by atoms with Crippen molar-refractivity contribution in [3.63, 3.8) is 0 Å². The molecule has 0 aliphatic heterocycles. The summed E-state index contributed by atoms with van der Waals surface area (Å²) in [5, 5.41) is 0. The molecule has 0 saturated carbocycles. The first-order valence-electron chi connectivity index (χ1n) is 9.51. The highest BCUT2D eigenvalue weighted by atomic mass is 16.5. The van der Waals surface area contributed by atoms with Crippen molar-refractivity contribution in [2.45, 2.75) is 19.9 Å². The Hall–Kier alpha value is -2.91. The Morgan fingerprint density at radius 2 is 1.52 bits per heavy atom. The van der Waals surface area contributed by atoms with Crippen LogP contribution in [0.15, 0.2) is 78.9 Å². The summed E-state index contributed by atoms with van der Waals surface area (Å²) >= 11 is 0. The third kappa shape index (κ3) is 3.93. The third-order valence-corrected chi connectivity index (χ3v) is 4.82. The Labute approximate surface area is 160 Å². The van der Waals surface area contributed by atoms with Crippen LogP contribution < -0.4 is 0 Å². The largest absolute Gasteiger partial charge is 0.380 e. The van der Waals surface area contributed by atoms with Crippen molar-refractivity contribution >= 4 is 11.0 Å². The molecule has 4 rings (SSSR count). The molecule has 136 valence electrons. The van der Waals surface area contributed by atoms with Gasteiger partial charge in [0.1, 0.15) is 5.82 Å². The van der Waals surface area contributed by atoms with E-state index in [1.807, 2.05) is 19.1 Å². The van der Waals surface area contributed by atoms with Gasteiger partial charge in [-0.25, -0.2) is 4.98 Å². The maximum atomic E-state index is 5.58. The highest BCUT2D eigenvalue weighted by Crippen LogP contribution is 2.22. The third-order valence-electron chi connectivity index (χ3n) is 4.82.